The number of allylic oxidation sites excluding steroid dienone is 1. The summed E-state index contributed by atoms with van der Waals surface area (Å²) in [6, 6.07) is 9.11. The van der Waals surface area contributed by atoms with Crippen LogP contribution in [0.2, 0.25) is 0 Å². The first kappa shape index (κ1) is 11.1. The maximum Gasteiger partial charge on any atom is 0.0444 e. The Morgan fingerprint density at radius 2 is 1.94 bits per heavy atom. The normalized spacial score (nSPS) is 19.5. The molecule has 0 spiro atoms. The molecule has 0 radical (unpaired) electrons. The van der Waals surface area contributed by atoms with E-state index in [-0.39, 0.29) is 0 Å². The number of benzene rings is 1. The average Bonchev–Trinajstić information content (AvgIpc) is 2.31. The van der Waals surface area contributed by atoms with Crippen molar-refractivity contribution >= 4 is 11.4 Å². The molecule has 0 saturated carbocycles. The van der Waals surface area contributed by atoms with Gasteiger partial charge in [0, 0.05) is 31.5 Å². The van der Waals surface area contributed by atoms with Gasteiger partial charge in [0.25, 0.3) is 0 Å². The molecule has 1 aromatic carbocycles. The lowest BCUT2D eigenvalue weighted by molar-refractivity contribution is 0.674. The van der Waals surface area contributed by atoms with Crippen LogP contribution in [-0.4, -0.2) is 20.1 Å². The van der Waals surface area contributed by atoms with Gasteiger partial charge in [-0.3, -0.25) is 0 Å². The van der Waals surface area contributed by atoms with E-state index in [9.17, 15) is 0 Å². The summed E-state index contributed by atoms with van der Waals surface area (Å²) in [6.45, 7) is 0. The number of rotatable bonds is 3. The quantitative estimate of drug-likeness (QED) is 0.780. The fourth-order valence-electron chi connectivity index (χ4n) is 2.00. The second-order valence-corrected chi connectivity index (χ2v) is 4.55. The van der Waals surface area contributed by atoms with Gasteiger partial charge in [0.2, 0.25) is 0 Å². The van der Waals surface area contributed by atoms with Crippen LogP contribution in [0.4, 0.5) is 11.4 Å². The molecule has 0 heterocycles. The molecule has 2 rings (SSSR count). The summed E-state index contributed by atoms with van der Waals surface area (Å²) in [5.74, 6) is 0. The van der Waals surface area contributed by atoms with Crippen molar-refractivity contribution in [1.29, 1.82) is 0 Å². The second-order valence-electron chi connectivity index (χ2n) is 4.55. The molecule has 0 aliphatic heterocycles. The van der Waals surface area contributed by atoms with Crippen LogP contribution in [0.3, 0.4) is 0 Å². The van der Waals surface area contributed by atoms with E-state index in [1.54, 1.807) is 0 Å². The molecule has 1 unspecified atom stereocenters. The SMILES string of the molecule is CN(C)c1ccc(NC2C=CCCC2)cc1. The third-order valence-electron chi connectivity index (χ3n) is 2.99. The highest BCUT2D eigenvalue weighted by Gasteiger charge is 2.07. The van der Waals surface area contributed by atoms with E-state index in [4.69, 9.17) is 0 Å². The lowest BCUT2D eigenvalue weighted by Crippen LogP contribution is -2.18. The van der Waals surface area contributed by atoms with Crippen LogP contribution in [0.15, 0.2) is 36.4 Å². The third kappa shape index (κ3) is 2.78. The van der Waals surface area contributed by atoms with E-state index in [1.165, 1.54) is 30.6 Å². The maximum atomic E-state index is 3.54. The van der Waals surface area contributed by atoms with Crippen molar-refractivity contribution in [3.8, 4) is 0 Å². The topological polar surface area (TPSA) is 15.3 Å². The Kier molecular flexibility index (Phi) is 3.50. The zero-order chi connectivity index (χ0) is 11.4. The predicted molar refractivity (Wildman–Crippen MR) is 71.2 cm³/mol. The summed E-state index contributed by atoms with van der Waals surface area (Å²) < 4.78 is 0. The Balaban J connectivity index is 1.99. The van der Waals surface area contributed by atoms with Crippen molar-refractivity contribution in [3.63, 3.8) is 0 Å². The van der Waals surface area contributed by atoms with E-state index in [0.29, 0.717) is 6.04 Å². The van der Waals surface area contributed by atoms with Gasteiger partial charge >= 0.3 is 0 Å². The summed E-state index contributed by atoms with van der Waals surface area (Å²) in [6.07, 6.45) is 8.33. The van der Waals surface area contributed by atoms with Crippen molar-refractivity contribution in [2.24, 2.45) is 0 Å². The van der Waals surface area contributed by atoms with Gasteiger partial charge in [-0.2, -0.15) is 0 Å². The highest BCUT2D eigenvalue weighted by atomic mass is 15.1. The van der Waals surface area contributed by atoms with Crippen LogP contribution < -0.4 is 10.2 Å². The highest BCUT2D eigenvalue weighted by molar-refractivity contribution is 5.55. The van der Waals surface area contributed by atoms with E-state index in [0.717, 1.165) is 0 Å². The molecule has 16 heavy (non-hydrogen) atoms. The van der Waals surface area contributed by atoms with Crippen molar-refractivity contribution in [2.75, 3.05) is 24.3 Å². The average molecular weight is 216 g/mol. The van der Waals surface area contributed by atoms with Gasteiger partial charge in [-0.1, -0.05) is 12.2 Å². The molecule has 0 bridgehead atoms. The monoisotopic (exact) mass is 216 g/mol. The summed E-state index contributed by atoms with van der Waals surface area (Å²) in [7, 11) is 4.12. The molecule has 86 valence electrons. The van der Waals surface area contributed by atoms with E-state index < -0.39 is 0 Å². The fourth-order valence-corrected chi connectivity index (χ4v) is 2.00. The molecule has 1 aromatic rings. The van der Waals surface area contributed by atoms with E-state index in [1.807, 2.05) is 0 Å². The Labute approximate surface area is 98.0 Å². The number of anilines is 2. The smallest absolute Gasteiger partial charge is 0.0444 e. The van der Waals surface area contributed by atoms with E-state index in [2.05, 4.69) is 60.7 Å². The van der Waals surface area contributed by atoms with Crippen LogP contribution in [0.25, 0.3) is 0 Å². The molecule has 1 aliphatic rings. The standard InChI is InChI=1S/C14H20N2/c1-16(2)14-10-8-13(9-11-14)15-12-6-4-3-5-7-12/h4,6,8-12,15H,3,5,7H2,1-2H3. The number of hydrogen-bond donors (Lipinski definition) is 1. The molecule has 1 N–H and O–H groups in total. The summed E-state index contributed by atoms with van der Waals surface area (Å²) >= 11 is 0. The first-order valence-corrected chi connectivity index (χ1v) is 5.96. The number of nitrogens with one attached hydrogen (secondary N) is 1. The molecule has 1 aliphatic carbocycles. The zero-order valence-electron chi connectivity index (χ0n) is 10.1. The van der Waals surface area contributed by atoms with E-state index >= 15 is 0 Å². The molecule has 0 amide bonds. The van der Waals surface area contributed by atoms with Crippen LogP contribution >= 0.6 is 0 Å². The first-order chi connectivity index (χ1) is 7.75. The first-order valence-electron chi connectivity index (χ1n) is 5.96. The molecular weight excluding hydrogens is 196 g/mol. The third-order valence-corrected chi connectivity index (χ3v) is 2.99. The van der Waals surface area contributed by atoms with Gasteiger partial charge in [0.1, 0.15) is 0 Å². The van der Waals surface area contributed by atoms with Crippen LogP contribution in [0, 0.1) is 0 Å². The second kappa shape index (κ2) is 5.06. The van der Waals surface area contributed by atoms with Gasteiger partial charge in [0.15, 0.2) is 0 Å². The number of nitrogens with zero attached hydrogens (tertiary/aromatic N) is 1. The summed E-state index contributed by atoms with van der Waals surface area (Å²) in [5, 5.41) is 3.54. The van der Waals surface area contributed by atoms with Gasteiger partial charge < -0.3 is 10.2 Å². The Morgan fingerprint density at radius 3 is 2.50 bits per heavy atom. The number of hydrogen-bond acceptors (Lipinski definition) is 2. The van der Waals surface area contributed by atoms with Gasteiger partial charge in [0.05, 0.1) is 0 Å². The van der Waals surface area contributed by atoms with Crippen LogP contribution in [0.1, 0.15) is 19.3 Å². The highest BCUT2D eigenvalue weighted by Crippen LogP contribution is 2.19. The van der Waals surface area contributed by atoms with Crippen molar-refractivity contribution in [3.05, 3.63) is 36.4 Å². The molecule has 0 saturated heterocycles. The predicted octanol–water partition coefficient (Wildman–Crippen LogP) is 3.27. The van der Waals surface area contributed by atoms with Gasteiger partial charge in [-0.25, -0.2) is 0 Å². The molecule has 2 heteroatoms. The van der Waals surface area contributed by atoms with Crippen LogP contribution in [-0.2, 0) is 0 Å². The van der Waals surface area contributed by atoms with Gasteiger partial charge in [-0.15, -0.1) is 0 Å². The Hall–Kier alpha value is -1.44. The van der Waals surface area contributed by atoms with Gasteiger partial charge in [-0.05, 0) is 43.5 Å². The molecule has 1 atom stereocenters. The Morgan fingerprint density at radius 1 is 1.19 bits per heavy atom. The lowest BCUT2D eigenvalue weighted by Gasteiger charge is -2.20. The summed E-state index contributed by atoms with van der Waals surface area (Å²) in [5.41, 5.74) is 2.45. The lowest BCUT2D eigenvalue weighted by atomic mass is 10.0. The van der Waals surface area contributed by atoms with Crippen molar-refractivity contribution < 1.29 is 0 Å². The molecule has 2 nitrogen and oxygen atoms in total. The minimum atomic E-state index is 0.513. The molecule has 0 fully saturated rings. The molecular formula is C14H20N2. The Bertz CT molecular complexity index is 352. The van der Waals surface area contributed by atoms with Crippen LogP contribution in [0.5, 0.6) is 0 Å². The molecule has 0 aromatic heterocycles. The summed E-state index contributed by atoms with van der Waals surface area (Å²) in [4.78, 5) is 2.12. The van der Waals surface area contributed by atoms with Crippen molar-refractivity contribution in [2.45, 2.75) is 25.3 Å². The largest absolute Gasteiger partial charge is 0.379 e. The zero-order valence-corrected chi connectivity index (χ0v) is 10.1. The fraction of sp³-hybridized carbons (Fsp3) is 0.429. The minimum absolute atomic E-state index is 0.513. The maximum absolute atomic E-state index is 3.54. The minimum Gasteiger partial charge on any atom is -0.379 e. The van der Waals surface area contributed by atoms with Crippen molar-refractivity contribution in [1.82, 2.24) is 0 Å².